The highest BCUT2D eigenvalue weighted by Crippen LogP contribution is 2.18. The van der Waals surface area contributed by atoms with Crippen LogP contribution in [-0.4, -0.2) is 48.7 Å². The lowest BCUT2D eigenvalue weighted by molar-refractivity contribution is 0.0199. The van der Waals surface area contributed by atoms with Gasteiger partial charge in [0.15, 0.2) is 0 Å². The lowest BCUT2D eigenvalue weighted by Gasteiger charge is -2.33. The van der Waals surface area contributed by atoms with Gasteiger partial charge in [0.05, 0.1) is 5.56 Å². The molecule has 0 atom stereocenters. The normalized spacial score (nSPS) is 15.8. The average Bonchev–Trinajstić information content (AvgIpc) is 2.53. The third-order valence-corrected chi connectivity index (χ3v) is 3.92. The maximum atomic E-state index is 12.4. The number of likely N-dealkylation sites (tertiary alicyclic amines) is 1. The Bertz CT molecular complexity index is 587. The molecule has 1 saturated heterocycles. The van der Waals surface area contributed by atoms with Crippen molar-refractivity contribution in [2.75, 3.05) is 25.5 Å². The standard InChI is InChI=1S/C18H27N3O3/c1-18(2,3)24-17(23)21-11-9-13(10-12-21)20-16(22)14-7-5-6-8-15(14)19-4/h5-8,13,19H,9-12H2,1-4H3,(H,20,22). The van der Waals surface area contributed by atoms with Gasteiger partial charge in [-0.05, 0) is 45.7 Å². The zero-order valence-electron chi connectivity index (χ0n) is 14.9. The smallest absolute Gasteiger partial charge is 0.410 e. The Balaban J connectivity index is 1.87. The van der Waals surface area contributed by atoms with Crippen LogP contribution in [-0.2, 0) is 4.74 Å². The Morgan fingerprint density at radius 2 is 1.79 bits per heavy atom. The van der Waals surface area contributed by atoms with E-state index in [9.17, 15) is 9.59 Å². The van der Waals surface area contributed by atoms with Gasteiger partial charge < -0.3 is 20.3 Å². The highest BCUT2D eigenvalue weighted by molar-refractivity contribution is 5.99. The monoisotopic (exact) mass is 333 g/mol. The van der Waals surface area contributed by atoms with Gasteiger partial charge in [0, 0.05) is 31.9 Å². The lowest BCUT2D eigenvalue weighted by Crippen LogP contribution is -2.47. The number of amides is 2. The lowest BCUT2D eigenvalue weighted by atomic mass is 10.0. The highest BCUT2D eigenvalue weighted by Gasteiger charge is 2.27. The minimum Gasteiger partial charge on any atom is -0.444 e. The maximum absolute atomic E-state index is 12.4. The van der Waals surface area contributed by atoms with E-state index in [0.29, 0.717) is 18.7 Å². The maximum Gasteiger partial charge on any atom is 0.410 e. The molecule has 2 rings (SSSR count). The number of nitrogens with zero attached hydrogens (tertiary/aromatic N) is 1. The molecule has 0 unspecified atom stereocenters. The molecule has 1 aromatic carbocycles. The Morgan fingerprint density at radius 3 is 2.38 bits per heavy atom. The van der Waals surface area contributed by atoms with Crippen molar-refractivity contribution in [3.05, 3.63) is 29.8 Å². The van der Waals surface area contributed by atoms with E-state index in [1.165, 1.54) is 0 Å². The summed E-state index contributed by atoms with van der Waals surface area (Å²) in [6.45, 7) is 6.76. The van der Waals surface area contributed by atoms with E-state index in [-0.39, 0.29) is 18.0 Å². The summed E-state index contributed by atoms with van der Waals surface area (Å²) in [6.07, 6.45) is 1.17. The molecule has 1 aromatic rings. The van der Waals surface area contributed by atoms with Gasteiger partial charge in [0.25, 0.3) is 5.91 Å². The van der Waals surface area contributed by atoms with Crippen LogP contribution in [0.3, 0.4) is 0 Å². The fourth-order valence-corrected chi connectivity index (χ4v) is 2.70. The molecule has 6 heteroatoms. The van der Waals surface area contributed by atoms with Gasteiger partial charge in [0.1, 0.15) is 5.60 Å². The minimum atomic E-state index is -0.487. The molecule has 132 valence electrons. The third kappa shape index (κ3) is 4.88. The number of anilines is 1. The molecule has 24 heavy (non-hydrogen) atoms. The number of nitrogens with one attached hydrogen (secondary N) is 2. The SMILES string of the molecule is CNc1ccccc1C(=O)NC1CCN(C(=O)OC(C)(C)C)CC1. The Labute approximate surface area is 143 Å². The number of carbonyl (C=O) groups excluding carboxylic acids is 2. The molecule has 0 aromatic heterocycles. The molecular formula is C18H27N3O3. The number of rotatable bonds is 3. The molecular weight excluding hydrogens is 306 g/mol. The van der Waals surface area contributed by atoms with Crippen LogP contribution in [0.4, 0.5) is 10.5 Å². The summed E-state index contributed by atoms with van der Waals surface area (Å²) in [4.78, 5) is 26.2. The first kappa shape index (κ1) is 18.1. The fourth-order valence-electron chi connectivity index (χ4n) is 2.70. The Hall–Kier alpha value is -2.24. The summed E-state index contributed by atoms with van der Waals surface area (Å²) >= 11 is 0. The van der Waals surface area contributed by atoms with Crippen LogP contribution in [0.25, 0.3) is 0 Å². The number of hydrogen-bond donors (Lipinski definition) is 2. The van der Waals surface area contributed by atoms with Gasteiger partial charge in [-0.25, -0.2) is 4.79 Å². The molecule has 0 bridgehead atoms. The first-order valence-corrected chi connectivity index (χ1v) is 8.36. The van der Waals surface area contributed by atoms with Crippen molar-refractivity contribution in [3.63, 3.8) is 0 Å². The van der Waals surface area contributed by atoms with Crippen molar-refractivity contribution in [1.82, 2.24) is 10.2 Å². The summed E-state index contributed by atoms with van der Waals surface area (Å²) < 4.78 is 5.38. The molecule has 2 amide bonds. The predicted molar refractivity (Wildman–Crippen MR) is 94.3 cm³/mol. The number of carbonyl (C=O) groups is 2. The Kier molecular flexibility index (Phi) is 5.70. The number of ether oxygens (including phenoxy) is 1. The summed E-state index contributed by atoms with van der Waals surface area (Å²) in [5.41, 5.74) is 0.953. The summed E-state index contributed by atoms with van der Waals surface area (Å²) in [6, 6.07) is 7.49. The van der Waals surface area contributed by atoms with Crippen LogP contribution in [0, 0.1) is 0 Å². The molecule has 2 N–H and O–H groups in total. The van der Waals surface area contributed by atoms with Gasteiger partial charge in [-0.3, -0.25) is 4.79 Å². The summed E-state index contributed by atoms with van der Waals surface area (Å²) in [7, 11) is 1.80. The first-order chi connectivity index (χ1) is 11.3. The Morgan fingerprint density at radius 1 is 1.17 bits per heavy atom. The summed E-state index contributed by atoms with van der Waals surface area (Å²) in [5.74, 6) is -0.0873. The zero-order chi connectivity index (χ0) is 17.7. The van der Waals surface area contributed by atoms with Crippen LogP contribution in [0.1, 0.15) is 44.0 Å². The number of para-hydroxylation sites is 1. The quantitative estimate of drug-likeness (QED) is 0.892. The molecule has 0 aliphatic carbocycles. The fraction of sp³-hybridized carbons (Fsp3) is 0.556. The van der Waals surface area contributed by atoms with Crippen molar-refractivity contribution in [2.24, 2.45) is 0 Å². The van der Waals surface area contributed by atoms with Crippen molar-refractivity contribution in [3.8, 4) is 0 Å². The van der Waals surface area contributed by atoms with E-state index in [2.05, 4.69) is 10.6 Å². The van der Waals surface area contributed by atoms with Crippen LogP contribution in [0.2, 0.25) is 0 Å². The van der Waals surface area contributed by atoms with E-state index < -0.39 is 5.60 Å². The van der Waals surface area contributed by atoms with Crippen molar-refractivity contribution < 1.29 is 14.3 Å². The van der Waals surface area contributed by atoms with Gasteiger partial charge in [-0.1, -0.05) is 12.1 Å². The van der Waals surface area contributed by atoms with Crippen molar-refractivity contribution >= 4 is 17.7 Å². The highest BCUT2D eigenvalue weighted by atomic mass is 16.6. The molecule has 1 aliphatic heterocycles. The second-order valence-corrected chi connectivity index (χ2v) is 7.01. The zero-order valence-corrected chi connectivity index (χ0v) is 14.9. The van der Waals surface area contributed by atoms with E-state index in [1.807, 2.05) is 39.0 Å². The van der Waals surface area contributed by atoms with Crippen LogP contribution >= 0.6 is 0 Å². The van der Waals surface area contributed by atoms with E-state index >= 15 is 0 Å². The van der Waals surface area contributed by atoms with Crippen molar-refractivity contribution in [2.45, 2.75) is 45.3 Å². The van der Waals surface area contributed by atoms with E-state index in [1.54, 1.807) is 18.0 Å². The van der Waals surface area contributed by atoms with Gasteiger partial charge in [-0.15, -0.1) is 0 Å². The third-order valence-electron chi connectivity index (χ3n) is 3.92. The predicted octanol–water partition coefficient (Wildman–Crippen LogP) is 2.86. The van der Waals surface area contributed by atoms with E-state index in [4.69, 9.17) is 4.74 Å². The molecule has 6 nitrogen and oxygen atoms in total. The molecule has 1 heterocycles. The second kappa shape index (κ2) is 7.55. The molecule has 0 radical (unpaired) electrons. The average molecular weight is 333 g/mol. The van der Waals surface area contributed by atoms with Gasteiger partial charge >= 0.3 is 6.09 Å². The van der Waals surface area contributed by atoms with Crippen LogP contribution in [0.15, 0.2) is 24.3 Å². The molecule has 1 fully saturated rings. The molecule has 0 saturated carbocycles. The summed E-state index contributed by atoms with van der Waals surface area (Å²) in [5, 5.41) is 6.09. The number of hydrogen-bond acceptors (Lipinski definition) is 4. The molecule has 1 aliphatic rings. The first-order valence-electron chi connectivity index (χ1n) is 8.36. The minimum absolute atomic E-state index is 0.0705. The second-order valence-electron chi connectivity index (χ2n) is 7.01. The van der Waals surface area contributed by atoms with Gasteiger partial charge in [-0.2, -0.15) is 0 Å². The van der Waals surface area contributed by atoms with Crippen LogP contribution in [0.5, 0.6) is 0 Å². The number of piperidine rings is 1. The van der Waals surface area contributed by atoms with Crippen LogP contribution < -0.4 is 10.6 Å². The largest absolute Gasteiger partial charge is 0.444 e. The molecule has 0 spiro atoms. The van der Waals surface area contributed by atoms with E-state index in [0.717, 1.165) is 18.5 Å². The van der Waals surface area contributed by atoms with Gasteiger partial charge in [0.2, 0.25) is 0 Å². The topological polar surface area (TPSA) is 70.7 Å². The van der Waals surface area contributed by atoms with Crippen molar-refractivity contribution in [1.29, 1.82) is 0 Å². The number of benzene rings is 1.